The number of unbranched alkanes of at least 4 members (excludes halogenated alkanes) is 5. The number of ether oxygens (including phenoxy) is 1. The minimum Gasteiger partial charge on any atom is -0.494 e. The van der Waals surface area contributed by atoms with Crippen molar-refractivity contribution in [3.63, 3.8) is 0 Å². The molecule has 0 aromatic heterocycles. The topological polar surface area (TPSA) is 95.4 Å². The van der Waals surface area contributed by atoms with Gasteiger partial charge in [0.1, 0.15) is 10.6 Å². The number of nitrogens with two attached hydrogens (primary N) is 2. The molecule has 114 valence electrons. The molecule has 0 fully saturated rings. The van der Waals surface area contributed by atoms with E-state index in [0.29, 0.717) is 12.4 Å². The number of nitrogen functional groups attached to an aromatic ring is 1. The molecule has 0 atom stereocenters. The quantitative estimate of drug-likeness (QED) is 0.541. The van der Waals surface area contributed by atoms with E-state index in [1.54, 1.807) is 6.07 Å². The van der Waals surface area contributed by atoms with Gasteiger partial charge in [-0.15, -0.1) is 0 Å². The van der Waals surface area contributed by atoms with Crippen LogP contribution in [-0.4, -0.2) is 15.0 Å². The summed E-state index contributed by atoms with van der Waals surface area (Å²) < 4.78 is 28.0. The van der Waals surface area contributed by atoms with Crippen LogP contribution in [0.25, 0.3) is 0 Å². The number of rotatable bonds is 9. The van der Waals surface area contributed by atoms with Gasteiger partial charge in [0, 0.05) is 6.07 Å². The van der Waals surface area contributed by atoms with Crippen LogP contribution in [0.5, 0.6) is 5.75 Å². The number of primary sulfonamides is 1. The average molecular weight is 300 g/mol. The number of anilines is 1. The van der Waals surface area contributed by atoms with Crippen LogP contribution in [0.15, 0.2) is 23.1 Å². The average Bonchev–Trinajstić information content (AvgIpc) is 2.36. The minimum absolute atomic E-state index is 0.0654. The first-order chi connectivity index (χ1) is 9.45. The second kappa shape index (κ2) is 8.11. The Hall–Kier alpha value is -1.27. The van der Waals surface area contributed by atoms with Crippen LogP contribution in [-0.2, 0) is 10.0 Å². The third-order valence-electron chi connectivity index (χ3n) is 3.05. The summed E-state index contributed by atoms with van der Waals surface area (Å²) in [6.45, 7) is 2.80. The number of hydrogen-bond donors (Lipinski definition) is 2. The lowest BCUT2D eigenvalue weighted by Crippen LogP contribution is -2.14. The molecule has 0 spiro atoms. The Labute approximate surface area is 121 Å². The van der Waals surface area contributed by atoms with Crippen molar-refractivity contribution in [2.45, 2.75) is 50.3 Å². The summed E-state index contributed by atoms with van der Waals surface area (Å²) >= 11 is 0. The van der Waals surface area contributed by atoms with Crippen molar-refractivity contribution < 1.29 is 13.2 Å². The SMILES string of the molecule is CCCCCCCCOc1ccc(S(N)(=O)=O)c(N)c1. The van der Waals surface area contributed by atoms with Crippen molar-refractivity contribution in [3.05, 3.63) is 18.2 Å². The Morgan fingerprint density at radius 3 is 2.35 bits per heavy atom. The van der Waals surface area contributed by atoms with Gasteiger partial charge in [-0.25, -0.2) is 13.6 Å². The van der Waals surface area contributed by atoms with Crippen LogP contribution in [0.4, 0.5) is 5.69 Å². The Balaban J connectivity index is 2.37. The molecule has 0 aliphatic heterocycles. The molecule has 1 aromatic carbocycles. The highest BCUT2D eigenvalue weighted by Gasteiger charge is 2.12. The van der Waals surface area contributed by atoms with Crippen LogP contribution in [0.2, 0.25) is 0 Å². The van der Waals surface area contributed by atoms with Gasteiger partial charge in [-0.2, -0.15) is 0 Å². The molecule has 0 radical (unpaired) electrons. The Morgan fingerprint density at radius 2 is 1.75 bits per heavy atom. The summed E-state index contributed by atoms with van der Waals surface area (Å²) in [6, 6.07) is 4.45. The molecule has 1 aromatic rings. The van der Waals surface area contributed by atoms with Gasteiger partial charge in [0.05, 0.1) is 12.3 Å². The third-order valence-corrected chi connectivity index (χ3v) is 4.04. The fraction of sp³-hybridized carbons (Fsp3) is 0.571. The zero-order valence-corrected chi connectivity index (χ0v) is 12.8. The summed E-state index contributed by atoms with van der Waals surface area (Å²) in [5.41, 5.74) is 5.77. The first-order valence-corrected chi connectivity index (χ1v) is 8.55. The highest BCUT2D eigenvalue weighted by molar-refractivity contribution is 7.89. The van der Waals surface area contributed by atoms with Crippen molar-refractivity contribution in [1.29, 1.82) is 0 Å². The van der Waals surface area contributed by atoms with E-state index in [1.165, 1.54) is 37.8 Å². The van der Waals surface area contributed by atoms with Gasteiger partial charge in [-0.3, -0.25) is 0 Å². The third kappa shape index (κ3) is 5.79. The predicted octanol–water partition coefficient (Wildman–Crippen LogP) is 2.66. The number of benzene rings is 1. The Bertz CT molecular complexity index is 515. The number of hydrogen-bond acceptors (Lipinski definition) is 4. The van der Waals surface area contributed by atoms with E-state index < -0.39 is 10.0 Å². The summed E-state index contributed by atoms with van der Waals surface area (Å²) in [6.07, 6.45) is 7.15. The maximum atomic E-state index is 11.2. The number of sulfonamides is 1. The first kappa shape index (κ1) is 16.8. The molecule has 5 nitrogen and oxygen atoms in total. The molecule has 4 N–H and O–H groups in total. The van der Waals surface area contributed by atoms with Gasteiger partial charge in [0.15, 0.2) is 0 Å². The van der Waals surface area contributed by atoms with Crippen molar-refractivity contribution >= 4 is 15.7 Å². The van der Waals surface area contributed by atoms with Crippen molar-refractivity contribution in [2.24, 2.45) is 5.14 Å². The van der Waals surface area contributed by atoms with E-state index in [2.05, 4.69) is 6.92 Å². The van der Waals surface area contributed by atoms with Crippen LogP contribution < -0.4 is 15.6 Å². The molecule has 0 bridgehead atoms. The molecule has 20 heavy (non-hydrogen) atoms. The van der Waals surface area contributed by atoms with Crippen molar-refractivity contribution in [1.82, 2.24) is 0 Å². The maximum Gasteiger partial charge on any atom is 0.240 e. The smallest absolute Gasteiger partial charge is 0.240 e. The lowest BCUT2D eigenvalue weighted by Gasteiger charge is -2.09. The fourth-order valence-electron chi connectivity index (χ4n) is 1.95. The van der Waals surface area contributed by atoms with Crippen molar-refractivity contribution in [3.8, 4) is 5.75 Å². The Morgan fingerprint density at radius 1 is 1.10 bits per heavy atom. The summed E-state index contributed by atoms with van der Waals surface area (Å²) in [5, 5.41) is 5.04. The van der Waals surface area contributed by atoms with E-state index in [1.807, 2.05) is 0 Å². The molecular formula is C14H24N2O3S. The van der Waals surface area contributed by atoms with E-state index in [4.69, 9.17) is 15.6 Å². The highest BCUT2D eigenvalue weighted by atomic mass is 32.2. The van der Waals surface area contributed by atoms with E-state index >= 15 is 0 Å². The molecule has 1 rings (SSSR count). The zero-order valence-electron chi connectivity index (χ0n) is 12.0. The van der Waals surface area contributed by atoms with Crippen LogP contribution in [0, 0.1) is 0 Å². The second-order valence-corrected chi connectivity index (χ2v) is 6.39. The molecule has 0 saturated heterocycles. The lowest BCUT2D eigenvalue weighted by atomic mass is 10.1. The lowest BCUT2D eigenvalue weighted by molar-refractivity contribution is 0.304. The molecule has 0 saturated carbocycles. The summed E-state index contributed by atoms with van der Waals surface area (Å²) in [4.78, 5) is -0.0654. The molecule has 0 amide bonds. The van der Waals surface area contributed by atoms with Gasteiger partial charge in [-0.1, -0.05) is 39.0 Å². The molecule has 0 unspecified atom stereocenters. The molecular weight excluding hydrogens is 276 g/mol. The first-order valence-electron chi connectivity index (χ1n) is 7.00. The standard InChI is InChI=1S/C14H24N2O3S/c1-2-3-4-5-6-7-10-19-12-8-9-14(13(15)11-12)20(16,17)18/h8-9,11H,2-7,10,15H2,1H3,(H2,16,17,18). The zero-order chi connectivity index (χ0) is 15.0. The molecule has 0 aliphatic rings. The molecule has 0 aliphatic carbocycles. The second-order valence-electron chi connectivity index (χ2n) is 4.86. The van der Waals surface area contributed by atoms with Gasteiger partial charge >= 0.3 is 0 Å². The highest BCUT2D eigenvalue weighted by Crippen LogP contribution is 2.23. The minimum atomic E-state index is -3.77. The monoisotopic (exact) mass is 300 g/mol. The van der Waals surface area contributed by atoms with E-state index in [9.17, 15) is 8.42 Å². The molecule has 6 heteroatoms. The van der Waals surface area contributed by atoms with Gasteiger partial charge in [-0.05, 0) is 18.6 Å². The maximum absolute atomic E-state index is 11.2. The van der Waals surface area contributed by atoms with Crippen LogP contribution in [0.3, 0.4) is 0 Å². The van der Waals surface area contributed by atoms with Gasteiger partial charge in [0.2, 0.25) is 10.0 Å². The summed E-state index contributed by atoms with van der Waals surface area (Å²) in [7, 11) is -3.77. The van der Waals surface area contributed by atoms with Crippen LogP contribution in [0.1, 0.15) is 45.4 Å². The molecule has 0 heterocycles. The van der Waals surface area contributed by atoms with Gasteiger partial charge < -0.3 is 10.5 Å². The summed E-state index contributed by atoms with van der Waals surface area (Å²) in [5.74, 6) is 0.573. The largest absolute Gasteiger partial charge is 0.494 e. The van der Waals surface area contributed by atoms with Crippen molar-refractivity contribution in [2.75, 3.05) is 12.3 Å². The predicted molar refractivity (Wildman–Crippen MR) is 81.1 cm³/mol. The van der Waals surface area contributed by atoms with Gasteiger partial charge in [0.25, 0.3) is 0 Å². The van der Waals surface area contributed by atoms with E-state index in [-0.39, 0.29) is 10.6 Å². The van der Waals surface area contributed by atoms with Crippen LogP contribution >= 0.6 is 0 Å². The fourth-order valence-corrected chi connectivity index (χ4v) is 2.59. The Kier molecular flexibility index (Phi) is 6.81. The van der Waals surface area contributed by atoms with E-state index in [0.717, 1.165) is 12.8 Å². The normalized spacial score (nSPS) is 11.5.